The Morgan fingerprint density at radius 1 is 0.783 bits per heavy atom. The molecule has 0 fully saturated rings. The maximum absolute atomic E-state index is 13.0. The topological polar surface area (TPSA) is 34.1 Å². The van der Waals surface area contributed by atoms with Gasteiger partial charge in [0.15, 0.2) is 0 Å². The van der Waals surface area contributed by atoms with Crippen LogP contribution in [-0.2, 0) is 21.3 Å². The number of hydrogen-bond acceptors (Lipinski definition) is 4. The van der Waals surface area contributed by atoms with Gasteiger partial charge in [0.05, 0.1) is 9.79 Å². The van der Waals surface area contributed by atoms with Gasteiger partial charge in [-0.1, -0.05) is 12.1 Å². The normalized spacial score (nSPS) is 11.7. The van der Waals surface area contributed by atoms with Crippen LogP contribution in [0.15, 0.2) is 46.2 Å². The predicted octanol–water partition coefficient (Wildman–Crippen LogP) is 4.86. The monoisotopic (exact) mass is 366 g/mol. The molecule has 0 radical (unpaired) electrons. The minimum Gasteiger partial charge on any atom is -0.219 e. The molecule has 0 aromatic heterocycles. The maximum atomic E-state index is 13.0. The van der Waals surface area contributed by atoms with Crippen molar-refractivity contribution in [1.29, 1.82) is 0 Å². The summed E-state index contributed by atoms with van der Waals surface area (Å²) in [5.74, 6) is 1.64. The fourth-order valence-electron chi connectivity index (χ4n) is 2.39. The predicted molar refractivity (Wildman–Crippen MR) is 102 cm³/mol. The van der Waals surface area contributed by atoms with Crippen molar-refractivity contribution in [3.8, 4) is 0 Å². The van der Waals surface area contributed by atoms with Crippen molar-refractivity contribution in [2.45, 2.75) is 35.1 Å². The van der Waals surface area contributed by atoms with Crippen molar-refractivity contribution in [1.82, 2.24) is 0 Å². The molecule has 0 bridgehead atoms. The third-order valence-corrected chi connectivity index (χ3v) is 6.81. The Labute approximate surface area is 148 Å². The minimum absolute atomic E-state index is 0.381. The largest absolute Gasteiger partial charge is 0.219 e. The standard InChI is InChI=1S/C18H22O2S3/c1-13-5-7-17(9-15(13)11-21-3)23(19,20)18-8-6-14(2)16(10-18)12-22-4/h5-10H,11-12H2,1-4H3. The number of aryl methyl sites for hydroxylation is 2. The Morgan fingerprint density at radius 2 is 1.17 bits per heavy atom. The van der Waals surface area contributed by atoms with E-state index in [0.29, 0.717) is 9.79 Å². The van der Waals surface area contributed by atoms with Gasteiger partial charge in [0.2, 0.25) is 9.84 Å². The first kappa shape index (κ1) is 18.4. The fourth-order valence-corrected chi connectivity index (χ4v) is 4.99. The lowest BCUT2D eigenvalue weighted by Gasteiger charge is -2.11. The van der Waals surface area contributed by atoms with Gasteiger partial charge in [-0.2, -0.15) is 23.5 Å². The van der Waals surface area contributed by atoms with Gasteiger partial charge in [0.1, 0.15) is 0 Å². The van der Waals surface area contributed by atoms with Crippen molar-refractivity contribution >= 4 is 33.4 Å². The quantitative estimate of drug-likeness (QED) is 0.731. The fraction of sp³-hybridized carbons (Fsp3) is 0.333. The third-order valence-electron chi connectivity index (χ3n) is 3.86. The van der Waals surface area contributed by atoms with Crippen LogP contribution < -0.4 is 0 Å². The number of thioether (sulfide) groups is 2. The summed E-state index contributed by atoms with van der Waals surface area (Å²) in [5, 5.41) is 0. The van der Waals surface area contributed by atoms with Crippen LogP contribution in [0.4, 0.5) is 0 Å². The summed E-state index contributed by atoms with van der Waals surface area (Å²) in [6.07, 6.45) is 4.05. The lowest BCUT2D eigenvalue weighted by Crippen LogP contribution is -2.04. The number of hydrogen-bond donors (Lipinski definition) is 0. The zero-order chi connectivity index (χ0) is 17.0. The zero-order valence-corrected chi connectivity index (χ0v) is 16.4. The summed E-state index contributed by atoms with van der Waals surface area (Å²) in [4.78, 5) is 0.761. The second-order valence-electron chi connectivity index (χ2n) is 5.55. The van der Waals surface area contributed by atoms with Crippen molar-refractivity contribution < 1.29 is 8.42 Å². The van der Waals surface area contributed by atoms with Gasteiger partial charge in [-0.05, 0) is 72.9 Å². The third kappa shape index (κ3) is 4.14. The van der Waals surface area contributed by atoms with Gasteiger partial charge in [-0.15, -0.1) is 0 Å². The van der Waals surface area contributed by atoms with Gasteiger partial charge in [0, 0.05) is 11.5 Å². The van der Waals surface area contributed by atoms with Crippen molar-refractivity contribution in [3.63, 3.8) is 0 Å². The van der Waals surface area contributed by atoms with Crippen LogP contribution in [0, 0.1) is 13.8 Å². The Balaban J connectivity index is 2.50. The molecule has 0 aliphatic rings. The van der Waals surface area contributed by atoms with Crippen LogP contribution in [0.1, 0.15) is 22.3 Å². The highest BCUT2D eigenvalue weighted by molar-refractivity contribution is 7.98. The molecule has 0 saturated carbocycles. The van der Waals surface area contributed by atoms with Crippen LogP contribution in [0.25, 0.3) is 0 Å². The molecule has 5 heteroatoms. The first-order valence-corrected chi connectivity index (χ1v) is 11.6. The molecule has 2 rings (SSSR count). The van der Waals surface area contributed by atoms with Crippen molar-refractivity contribution in [2.75, 3.05) is 12.5 Å². The van der Waals surface area contributed by atoms with Gasteiger partial charge in [-0.25, -0.2) is 8.42 Å². The Hall–Kier alpha value is -0.910. The van der Waals surface area contributed by atoms with E-state index in [2.05, 4.69) is 0 Å². The molecular weight excluding hydrogens is 344 g/mol. The highest BCUT2D eigenvalue weighted by atomic mass is 32.2. The molecular formula is C18H22O2S3. The van der Waals surface area contributed by atoms with Crippen LogP contribution in [0.3, 0.4) is 0 Å². The lowest BCUT2D eigenvalue weighted by molar-refractivity contribution is 0.596. The summed E-state index contributed by atoms with van der Waals surface area (Å²) >= 11 is 3.39. The molecule has 23 heavy (non-hydrogen) atoms. The summed E-state index contributed by atoms with van der Waals surface area (Å²) in [7, 11) is -3.47. The first-order valence-electron chi connectivity index (χ1n) is 7.32. The van der Waals surface area contributed by atoms with Crippen LogP contribution >= 0.6 is 23.5 Å². The van der Waals surface area contributed by atoms with Crippen LogP contribution in [0.2, 0.25) is 0 Å². The maximum Gasteiger partial charge on any atom is 0.206 e. The number of sulfone groups is 1. The molecule has 2 aromatic carbocycles. The molecule has 0 N–H and O–H groups in total. The Bertz CT molecular complexity index is 734. The SMILES string of the molecule is CSCc1cc(S(=O)(=O)c2ccc(C)c(CSC)c2)ccc1C. The lowest BCUT2D eigenvalue weighted by atomic mass is 10.1. The molecule has 0 spiro atoms. The molecule has 2 aromatic rings. The average molecular weight is 367 g/mol. The van der Waals surface area contributed by atoms with Crippen molar-refractivity contribution in [3.05, 3.63) is 58.7 Å². The van der Waals surface area contributed by atoms with E-state index >= 15 is 0 Å². The zero-order valence-electron chi connectivity index (χ0n) is 13.9. The molecule has 0 aliphatic heterocycles. The molecule has 0 saturated heterocycles. The second kappa shape index (κ2) is 7.77. The second-order valence-corrected chi connectivity index (χ2v) is 9.23. The van der Waals surface area contributed by atoms with Gasteiger partial charge >= 0.3 is 0 Å². The Morgan fingerprint density at radius 3 is 1.52 bits per heavy atom. The van der Waals surface area contributed by atoms with E-state index in [0.717, 1.165) is 33.8 Å². The molecule has 0 atom stereocenters. The van der Waals surface area contributed by atoms with E-state index in [9.17, 15) is 8.42 Å². The van der Waals surface area contributed by atoms with Gasteiger partial charge in [0.25, 0.3) is 0 Å². The van der Waals surface area contributed by atoms with E-state index in [1.165, 1.54) is 0 Å². The van der Waals surface area contributed by atoms with Crippen LogP contribution in [-0.4, -0.2) is 20.9 Å². The van der Waals surface area contributed by atoms with E-state index in [1.54, 1.807) is 35.7 Å². The molecule has 0 aliphatic carbocycles. The minimum atomic E-state index is -3.47. The molecule has 0 heterocycles. The van der Waals surface area contributed by atoms with Crippen LogP contribution in [0.5, 0.6) is 0 Å². The summed E-state index contributed by atoms with van der Waals surface area (Å²) in [5.41, 5.74) is 4.42. The highest BCUT2D eigenvalue weighted by Gasteiger charge is 2.19. The summed E-state index contributed by atoms with van der Waals surface area (Å²) < 4.78 is 25.9. The number of rotatable bonds is 6. The smallest absolute Gasteiger partial charge is 0.206 e. The van der Waals surface area contributed by atoms with E-state index in [4.69, 9.17) is 0 Å². The van der Waals surface area contributed by atoms with E-state index in [1.807, 2.05) is 50.6 Å². The average Bonchev–Trinajstić information content (AvgIpc) is 2.51. The molecule has 0 unspecified atom stereocenters. The first-order chi connectivity index (χ1) is 10.9. The van der Waals surface area contributed by atoms with Crippen molar-refractivity contribution in [2.24, 2.45) is 0 Å². The summed E-state index contributed by atoms with van der Waals surface area (Å²) in [6.45, 7) is 4.04. The molecule has 0 amide bonds. The summed E-state index contributed by atoms with van der Waals surface area (Å²) in [6, 6.07) is 10.8. The molecule has 124 valence electrons. The molecule has 2 nitrogen and oxygen atoms in total. The Kier molecular flexibility index (Phi) is 6.23. The van der Waals surface area contributed by atoms with Gasteiger partial charge < -0.3 is 0 Å². The van der Waals surface area contributed by atoms with Gasteiger partial charge in [-0.3, -0.25) is 0 Å². The van der Waals surface area contributed by atoms with E-state index in [-0.39, 0.29) is 0 Å². The van der Waals surface area contributed by atoms with E-state index < -0.39 is 9.84 Å². The number of benzene rings is 2. The highest BCUT2D eigenvalue weighted by Crippen LogP contribution is 2.27.